The van der Waals surface area contributed by atoms with Crippen molar-refractivity contribution in [2.24, 2.45) is 0 Å². The van der Waals surface area contributed by atoms with Crippen LogP contribution >= 0.6 is 11.3 Å². The first-order chi connectivity index (χ1) is 18.6. The second-order valence-electron chi connectivity index (χ2n) is 9.71. The van der Waals surface area contributed by atoms with Gasteiger partial charge in [0.1, 0.15) is 0 Å². The molecule has 5 nitrogen and oxygen atoms in total. The highest BCUT2D eigenvalue weighted by atomic mass is 32.1. The minimum absolute atomic E-state index is 0.643. The predicted octanol–water partition coefficient (Wildman–Crippen LogP) is 8.25. The van der Waals surface area contributed by atoms with Gasteiger partial charge in [0.25, 0.3) is 0 Å². The van der Waals surface area contributed by atoms with Gasteiger partial charge in [-0.25, -0.2) is 4.98 Å². The standard InChI is InChI=1S/C33H39N5S/c1-11-14-28(31-16-15-30(39-31)21(4)5)22(6)23(7)35-24(8)32-29-18-27(19-34-33(29)37-36-32)26(13-3)17-25(12-2)20-38(9)10/h11-19,35H,1-2,4,8,20H2,3,5-7,9-10H3,(H,34,36,37)/b23-22+,25-17+,26-13+,28-14+. The molecule has 0 fully saturated rings. The first-order valence-electron chi connectivity index (χ1n) is 12.8. The van der Waals surface area contributed by atoms with Crippen LogP contribution in [-0.4, -0.2) is 40.7 Å². The van der Waals surface area contributed by atoms with Crippen LogP contribution in [0.15, 0.2) is 97.9 Å². The van der Waals surface area contributed by atoms with Crippen LogP contribution in [0.5, 0.6) is 0 Å². The van der Waals surface area contributed by atoms with Crippen molar-refractivity contribution in [1.82, 2.24) is 25.4 Å². The molecule has 0 saturated heterocycles. The van der Waals surface area contributed by atoms with Crippen LogP contribution in [-0.2, 0) is 0 Å². The minimum Gasteiger partial charge on any atom is -0.358 e. The summed E-state index contributed by atoms with van der Waals surface area (Å²) in [5.74, 6) is 0. The second kappa shape index (κ2) is 13.2. The molecule has 0 aliphatic carbocycles. The number of allylic oxidation sites excluding steroid dienone is 9. The third kappa shape index (κ3) is 7.11. The molecule has 3 aromatic rings. The van der Waals surface area contributed by atoms with Crippen molar-refractivity contribution in [3.05, 3.63) is 119 Å². The Labute approximate surface area is 237 Å². The van der Waals surface area contributed by atoms with Crippen molar-refractivity contribution in [2.75, 3.05) is 20.6 Å². The fourth-order valence-electron chi connectivity index (χ4n) is 4.16. The Bertz CT molecular complexity index is 1530. The molecule has 0 aliphatic rings. The van der Waals surface area contributed by atoms with Crippen LogP contribution < -0.4 is 5.32 Å². The molecule has 0 atom stereocenters. The maximum Gasteiger partial charge on any atom is 0.181 e. The Morgan fingerprint density at radius 2 is 1.85 bits per heavy atom. The topological polar surface area (TPSA) is 56.8 Å². The lowest BCUT2D eigenvalue weighted by Crippen LogP contribution is -2.14. The van der Waals surface area contributed by atoms with E-state index in [0.717, 1.165) is 67.3 Å². The quantitative estimate of drug-likeness (QED) is 0.228. The van der Waals surface area contributed by atoms with Gasteiger partial charge in [-0.15, -0.1) is 11.3 Å². The number of nitrogens with zero attached hydrogens (tertiary/aromatic N) is 3. The van der Waals surface area contributed by atoms with Gasteiger partial charge < -0.3 is 10.2 Å². The SMILES string of the molecule is C=C/C=C(\C(C)=C(/C)NC(=C)c1[nH]nc2ncc(C(/C=C(\C=C)CN(C)C)=C/C)cc12)c1ccc(C(=C)C)s1. The van der Waals surface area contributed by atoms with Gasteiger partial charge in [-0.05, 0) is 87.9 Å². The summed E-state index contributed by atoms with van der Waals surface area (Å²) >= 11 is 1.73. The molecule has 0 radical (unpaired) electrons. The van der Waals surface area contributed by atoms with E-state index >= 15 is 0 Å². The van der Waals surface area contributed by atoms with Crippen molar-refractivity contribution >= 4 is 44.8 Å². The van der Waals surface area contributed by atoms with Gasteiger partial charge >= 0.3 is 0 Å². The number of rotatable bonds is 12. The van der Waals surface area contributed by atoms with E-state index in [-0.39, 0.29) is 0 Å². The fourth-order valence-corrected chi connectivity index (χ4v) is 5.18. The Balaban J connectivity index is 1.94. The second-order valence-corrected chi connectivity index (χ2v) is 10.8. The molecule has 202 valence electrons. The first-order valence-corrected chi connectivity index (χ1v) is 13.6. The van der Waals surface area contributed by atoms with E-state index in [1.807, 2.05) is 52.4 Å². The molecule has 2 N–H and O–H groups in total. The number of nitrogens with one attached hydrogen (secondary N) is 2. The number of thiophene rings is 1. The van der Waals surface area contributed by atoms with Gasteiger partial charge in [0.05, 0.1) is 11.4 Å². The molecule has 3 rings (SSSR count). The van der Waals surface area contributed by atoms with Crippen LogP contribution in [0.2, 0.25) is 0 Å². The third-order valence-corrected chi connectivity index (χ3v) is 7.62. The number of H-pyrrole nitrogens is 1. The van der Waals surface area contributed by atoms with Gasteiger partial charge in [-0.1, -0.05) is 56.7 Å². The lowest BCUT2D eigenvalue weighted by Gasteiger charge is -2.15. The van der Waals surface area contributed by atoms with Crippen molar-refractivity contribution in [3.63, 3.8) is 0 Å². The Morgan fingerprint density at radius 1 is 1.13 bits per heavy atom. The molecular weight excluding hydrogens is 498 g/mol. The average molecular weight is 538 g/mol. The molecule has 0 saturated carbocycles. The maximum atomic E-state index is 4.61. The molecule has 39 heavy (non-hydrogen) atoms. The smallest absolute Gasteiger partial charge is 0.181 e. The summed E-state index contributed by atoms with van der Waals surface area (Å²) in [6, 6.07) is 6.35. The normalized spacial score (nSPS) is 13.5. The number of likely N-dealkylation sites (N-methyl/N-ethyl adjacent to an activating group) is 1. The average Bonchev–Trinajstić information content (AvgIpc) is 3.56. The molecule has 0 aromatic carbocycles. The van der Waals surface area contributed by atoms with Gasteiger partial charge in [0.15, 0.2) is 5.65 Å². The van der Waals surface area contributed by atoms with Gasteiger partial charge in [-0.3, -0.25) is 5.10 Å². The van der Waals surface area contributed by atoms with Crippen molar-refractivity contribution in [1.29, 1.82) is 0 Å². The maximum absolute atomic E-state index is 4.61. The van der Waals surface area contributed by atoms with Gasteiger partial charge in [0.2, 0.25) is 0 Å². The fraction of sp³-hybridized carbons (Fsp3) is 0.212. The summed E-state index contributed by atoms with van der Waals surface area (Å²) in [7, 11) is 4.09. The van der Waals surface area contributed by atoms with Crippen LogP contribution in [0, 0.1) is 0 Å². The molecular formula is C33H39N5S. The van der Waals surface area contributed by atoms with E-state index in [2.05, 4.69) is 95.9 Å². The summed E-state index contributed by atoms with van der Waals surface area (Å²) in [4.78, 5) is 9.08. The van der Waals surface area contributed by atoms with E-state index in [1.165, 1.54) is 4.88 Å². The Kier molecular flexibility index (Phi) is 9.99. The summed E-state index contributed by atoms with van der Waals surface area (Å²) in [5, 5.41) is 11.9. The van der Waals surface area contributed by atoms with E-state index in [9.17, 15) is 0 Å². The Hall–Kier alpha value is -4.00. The highest BCUT2D eigenvalue weighted by Gasteiger charge is 2.15. The minimum atomic E-state index is 0.643. The zero-order valence-corrected chi connectivity index (χ0v) is 24.8. The monoisotopic (exact) mass is 537 g/mol. The molecule has 3 heterocycles. The summed E-state index contributed by atoms with van der Waals surface area (Å²) < 4.78 is 0. The molecule has 0 unspecified atom stereocenters. The lowest BCUT2D eigenvalue weighted by atomic mass is 10.0. The predicted molar refractivity (Wildman–Crippen MR) is 172 cm³/mol. The number of hydrogen-bond donors (Lipinski definition) is 2. The number of pyridine rings is 1. The Morgan fingerprint density at radius 3 is 2.44 bits per heavy atom. The number of aromatic nitrogens is 3. The van der Waals surface area contributed by atoms with Crippen LogP contribution in [0.25, 0.3) is 33.4 Å². The molecule has 0 spiro atoms. The summed E-state index contributed by atoms with van der Waals surface area (Å²) in [6.45, 7) is 25.3. The summed E-state index contributed by atoms with van der Waals surface area (Å²) in [6.07, 6.45) is 11.8. The van der Waals surface area contributed by atoms with E-state index < -0.39 is 0 Å². The highest BCUT2D eigenvalue weighted by Crippen LogP contribution is 2.33. The van der Waals surface area contributed by atoms with Crippen LogP contribution in [0.1, 0.15) is 48.7 Å². The zero-order chi connectivity index (χ0) is 28.7. The van der Waals surface area contributed by atoms with Crippen LogP contribution in [0.3, 0.4) is 0 Å². The highest BCUT2D eigenvalue weighted by molar-refractivity contribution is 7.14. The molecule has 0 amide bonds. The van der Waals surface area contributed by atoms with Gasteiger partial charge in [-0.2, -0.15) is 5.10 Å². The largest absolute Gasteiger partial charge is 0.358 e. The van der Waals surface area contributed by atoms with E-state index in [0.29, 0.717) is 5.65 Å². The van der Waals surface area contributed by atoms with E-state index in [1.54, 1.807) is 11.3 Å². The van der Waals surface area contributed by atoms with Crippen molar-refractivity contribution < 1.29 is 0 Å². The number of hydrogen-bond acceptors (Lipinski definition) is 5. The van der Waals surface area contributed by atoms with Crippen molar-refractivity contribution in [2.45, 2.75) is 27.7 Å². The molecule has 0 bridgehead atoms. The van der Waals surface area contributed by atoms with Crippen LogP contribution in [0.4, 0.5) is 0 Å². The number of fused-ring (bicyclic) bond motifs is 1. The molecule has 0 aliphatic heterocycles. The molecule has 3 aromatic heterocycles. The van der Waals surface area contributed by atoms with E-state index in [4.69, 9.17) is 0 Å². The summed E-state index contributed by atoms with van der Waals surface area (Å²) in [5.41, 5.74) is 9.64. The third-order valence-electron chi connectivity index (χ3n) is 6.34. The van der Waals surface area contributed by atoms with Crippen molar-refractivity contribution in [3.8, 4) is 0 Å². The molecule has 6 heteroatoms. The zero-order valence-electron chi connectivity index (χ0n) is 24.0. The van der Waals surface area contributed by atoms with Gasteiger partial charge in [0, 0.05) is 39.1 Å². The first kappa shape index (κ1) is 29.6. The lowest BCUT2D eigenvalue weighted by molar-refractivity contribution is 0.449. The number of aromatic amines is 1.